The van der Waals surface area contributed by atoms with Crippen LogP contribution >= 0.6 is 0 Å². The molecule has 0 saturated carbocycles. The maximum atomic E-state index is 9.61. The first-order valence-electron chi connectivity index (χ1n) is 5.40. The number of benzene rings is 1. The van der Waals surface area contributed by atoms with Gasteiger partial charge in [0.05, 0.1) is 12.6 Å². The number of hydrogen-bond acceptors (Lipinski definition) is 4. The largest absolute Gasteiger partial charge is 0.508 e. The number of hydrogen-bond donors (Lipinski definition) is 3. The Morgan fingerprint density at radius 2 is 1.94 bits per heavy atom. The van der Waals surface area contributed by atoms with E-state index in [4.69, 9.17) is 4.84 Å². The summed E-state index contributed by atoms with van der Waals surface area (Å²) in [5, 5.41) is 18.9. The van der Waals surface area contributed by atoms with E-state index >= 15 is 0 Å². The van der Waals surface area contributed by atoms with Gasteiger partial charge in [-0.15, -0.1) is 0 Å². The minimum absolute atomic E-state index is 0.130. The number of hydroxylamine groups is 1. The average Bonchev–Trinajstić information content (AvgIpc) is 2.21. The Morgan fingerprint density at radius 3 is 2.56 bits per heavy atom. The fourth-order valence-electron chi connectivity index (χ4n) is 1.29. The van der Waals surface area contributed by atoms with Gasteiger partial charge in [-0.2, -0.15) is 5.48 Å². The van der Waals surface area contributed by atoms with Crippen LogP contribution in [0.4, 0.5) is 0 Å². The molecule has 0 radical (unpaired) electrons. The van der Waals surface area contributed by atoms with E-state index in [0.717, 1.165) is 0 Å². The van der Waals surface area contributed by atoms with E-state index in [2.05, 4.69) is 19.3 Å². The lowest BCUT2D eigenvalue weighted by Gasteiger charge is -2.16. The van der Waals surface area contributed by atoms with Gasteiger partial charge in [0.15, 0.2) is 0 Å². The Kier molecular flexibility index (Phi) is 4.58. The number of nitrogens with one attached hydrogen (secondary N) is 1. The Labute approximate surface area is 95.8 Å². The summed E-state index contributed by atoms with van der Waals surface area (Å²) in [6.07, 6.45) is 0. The molecule has 1 atom stereocenters. The van der Waals surface area contributed by atoms with Crippen molar-refractivity contribution in [2.45, 2.75) is 26.8 Å². The van der Waals surface area contributed by atoms with E-state index in [1.165, 1.54) is 18.2 Å². The second-order valence-electron chi connectivity index (χ2n) is 4.29. The first-order chi connectivity index (χ1) is 7.50. The molecular weight excluding hydrogens is 206 g/mol. The summed E-state index contributed by atoms with van der Waals surface area (Å²) in [7, 11) is 0. The number of rotatable bonds is 5. The molecule has 1 aromatic rings. The van der Waals surface area contributed by atoms with Crippen LogP contribution in [0.3, 0.4) is 0 Å². The molecule has 1 unspecified atom stereocenters. The molecule has 90 valence electrons. The molecule has 0 aliphatic rings. The van der Waals surface area contributed by atoms with Crippen LogP contribution in [0.5, 0.6) is 11.5 Å². The normalized spacial score (nSPS) is 13.0. The van der Waals surface area contributed by atoms with E-state index < -0.39 is 0 Å². The number of phenols is 2. The molecule has 0 aromatic heterocycles. The van der Waals surface area contributed by atoms with E-state index in [1.54, 1.807) is 0 Å². The molecule has 0 bridgehead atoms. The first kappa shape index (κ1) is 12.8. The van der Waals surface area contributed by atoms with E-state index in [9.17, 15) is 10.2 Å². The fourth-order valence-corrected chi connectivity index (χ4v) is 1.29. The van der Waals surface area contributed by atoms with Crippen LogP contribution in [0.15, 0.2) is 18.2 Å². The molecule has 1 rings (SSSR count). The van der Waals surface area contributed by atoms with Gasteiger partial charge in [0.25, 0.3) is 0 Å². The van der Waals surface area contributed by atoms with Crippen molar-refractivity contribution in [2.75, 3.05) is 6.61 Å². The van der Waals surface area contributed by atoms with Crippen LogP contribution in [0.25, 0.3) is 0 Å². The van der Waals surface area contributed by atoms with Crippen molar-refractivity contribution in [1.29, 1.82) is 0 Å². The quantitative estimate of drug-likeness (QED) is 0.531. The summed E-state index contributed by atoms with van der Waals surface area (Å²) < 4.78 is 0. The molecule has 3 N–H and O–H groups in total. The molecular formula is C12H19NO3. The van der Waals surface area contributed by atoms with Crippen molar-refractivity contribution >= 4 is 0 Å². The van der Waals surface area contributed by atoms with E-state index in [-0.39, 0.29) is 17.5 Å². The minimum Gasteiger partial charge on any atom is -0.508 e. The smallest absolute Gasteiger partial charge is 0.120 e. The van der Waals surface area contributed by atoms with Crippen molar-refractivity contribution in [3.8, 4) is 11.5 Å². The molecule has 0 saturated heterocycles. The molecule has 0 aliphatic heterocycles. The minimum atomic E-state index is -0.175. The average molecular weight is 225 g/mol. The second-order valence-corrected chi connectivity index (χ2v) is 4.29. The number of phenolic OH excluding ortho intramolecular Hbond substituents is 2. The first-order valence-corrected chi connectivity index (χ1v) is 5.40. The van der Waals surface area contributed by atoms with Crippen LogP contribution in [0.2, 0.25) is 0 Å². The van der Waals surface area contributed by atoms with Gasteiger partial charge in [0.1, 0.15) is 11.5 Å². The second kappa shape index (κ2) is 5.72. The zero-order valence-corrected chi connectivity index (χ0v) is 9.90. The van der Waals surface area contributed by atoms with Crippen LogP contribution in [-0.2, 0) is 4.84 Å². The van der Waals surface area contributed by atoms with E-state index in [1.807, 2.05) is 6.92 Å². The van der Waals surface area contributed by atoms with Gasteiger partial charge < -0.3 is 15.1 Å². The summed E-state index contributed by atoms with van der Waals surface area (Å²) in [6.45, 7) is 6.56. The molecule has 0 amide bonds. The van der Waals surface area contributed by atoms with Gasteiger partial charge in [-0.25, -0.2) is 0 Å². The van der Waals surface area contributed by atoms with Gasteiger partial charge in [0.2, 0.25) is 0 Å². The van der Waals surface area contributed by atoms with E-state index in [0.29, 0.717) is 18.1 Å². The third kappa shape index (κ3) is 3.72. The summed E-state index contributed by atoms with van der Waals surface area (Å²) >= 11 is 0. The summed E-state index contributed by atoms with van der Waals surface area (Å²) in [6, 6.07) is 4.25. The summed E-state index contributed by atoms with van der Waals surface area (Å²) in [4.78, 5) is 5.26. The number of aromatic hydroxyl groups is 2. The third-order valence-corrected chi connectivity index (χ3v) is 2.15. The Hall–Kier alpha value is -1.26. The highest BCUT2D eigenvalue weighted by Crippen LogP contribution is 2.27. The summed E-state index contributed by atoms with van der Waals surface area (Å²) in [5.41, 5.74) is 3.44. The van der Waals surface area contributed by atoms with Crippen LogP contribution < -0.4 is 5.48 Å². The SMILES string of the molecule is CC(C)CONC(C)c1cc(O)ccc1O. The standard InChI is InChI=1S/C12H19NO3/c1-8(2)7-16-13-9(3)11-6-10(14)4-5-12(11)15/h4-6,8-9,13-15H,7H2,1-3H3. The Balaban J connectivity index is 2.58. The van der Waals surface area contributed by atoms with Crippen molar-refractivity contribution in [2.24, 2.45) is 5.92 Å². The fraction of sp³-hybridized carbons (Fsp3) is 0.500. The lowest BCUT2D eigenvalue weighted by Crippen LogP contribution is -2.21. The Morgan fingerprint density at radius 1 is 1.25 bits per heavy atom. The molecule has 4 nitrogen and oxygen atoms in total. The van der Waals surface area contributed by atoms with Crippen LogP contribution in [0, 0.1) is 5.92 Å². The highest BCUT2D eigenvalue weighted by Gasteiger charge is 2.11. The van der Waals surface area contributed by atoms with Gasteiger partial charge in [0, 0.05) is 5.56 Å². The van der Waals surface area contributed by atoms with Crippen molar-refractivity contribution < 1.29 is 15.1 Å². The predicted molar refractivity (Wildman–Crippen MR) is 62.1 cm³/mol. The maximum absolute atomic E-state index is 9.61. The van der Waals surface area contributed by atoms with Crippen LogP contribution in [-0.4, -0.2) is 16.8 Å². The molecule has 0 aliphatic carbocycles. The van der Waals surface area contributed by atoms with Gasteiger partial charge in [-0.3, -0.25) is 0 Å². The molecule has 1 aromatic carbocycles. The maximum Gasteiger partial charge on any atom is 0.120 e. The lowest BCUT2D eigenvalue weighted by atomic mass is 10.1. The molecule has 0 spiro atoms. The highest BCUT2D eigenvalue weighted by atomic mass is 16.6. The van der Waals surface area contributed by atoms with Gasteiger partial charge in [-0.05, 0) is 31.0 Å². The van der Waals surface area contributed by atoms with Crippen molar-refractivity contribution in [3.05, 3.63) is 23.8 Å². The van der Waals surface area contributed by atoms with Crippen molar-refractivity contribution in [1.82, 2.24) is 5.48 Å². The predicted octanol–water partition coefficient (Wildman–Crippen LogP) is 2.34. The van der Waals surface area contributed by atoms with Crippen molar-refractivity contribution in [3.63, 3.8) is 0 Å². The third-order valence-electron chi connectivity index (χ3n) is 2.15. The van der Waals surface area contributed by atoms with Crippen LogP contribution in [0.1, 0.15) is 32.4 Å². The molecule has 0 fully saturated rings. The van der Waals surface area contributed by atoms with Gasteiger partial charge in [-0.1, -0.05) is 13.8 Å². The zero-order chi connectivity index (χ0) is 12.1. The summed E-state index contributed by atoms with van der Waals surface area (Å²) in [5.74, 6) is 0.716. The zero-order valence-electron chi connectivity index (χ0n) is 9.90. The molecule has 4 heteroatoms. The monoisotopic (exact) mass is 225 g/mol. The topological polar surface area (TPSA) is 61.7 Å². The molecule has 16 heavy (non-hydrogen) atoms. The van der Waals surface area contributed by atoms with Gasteiger partial charge >= 0.3 is 0 Å². The highest BCUT2D eigenvalue weighted by molar-refractivity contribution is 5.40. The Bertz CT molecular complexity index is 339. The lowest BCUT2D eigenvalue weighted by molar-refractivity contribution is 0.00365. The molecule has 0 heterocycles.